The lowest BCUT2D eigenvalue weighted by molar-refractivity contribution is -0.497. The van der Waals surface area contributed by atoms with E-state index in [1.807, 2.05) is 60.7 Å². The maximum absolute atomic E-state index is 11.6. The highest BCUT2D eigenvalue weighted by molar-refractivity contribution is 5.68. The minimum Gasteiger partial charge on any atom is -0.234 e. The molecule has 0 aromatic heterocycles. The van der Waals surface area contributed by atoms with Gasteiger partial charge in [-0.05, 0) is 46.5 Å². The van der Waals surface area contributed by atoms with Gasteiger partial charge in [0.1, 0.15) is 24.5 Å². The smallest absolute Gasteiger partial charge is 0.165 e. The molecule has 8 nitrogen and oxygen atoms in total. The van der Waals surface area contributed by atoms with Gasteiger partial charge in [0.05, 0.1) is 0 Å². The molecular formula is C26H22N4O4. The van der Waals surface area contributed by atoms with Crippen molar-refractivity contribution < 1.29 is 10.1 Å². The van der Waals surface area contributed by atoms with Gasteiger partial charge in [-0.3, -0.25) is 0 Å². The van der Waals surface area contributed by atoms with Gasteiger partial charge in [0.25, 0.3) is 0 Å². The number of benzene rings is 4. The fourth-order valence-electron chi connectivity index (χ4n) is 3.65. The van der Waals surface area contributed by atoms with Crippen molar-refractivity contribution in [1.29, 1.82) is 0 Å². The second-order valence-electron chi connectivity index (χ2n) is 7.66. The van der Waals surface area contributed by atoms with Gasteiger partial charge in [-0.15, -0.1) is 0 Å². The molecule has 4 rings (SSSR count). The second-order valence-corrected chi connectivity index (χ2v) is 7.66. The van der Waals surface area contributed by atoms with Gasteiger partial charge in [-0.2, -0.15) is 0 Å². The zero-order chi connectivity index (χ0) is 23.9. The topological polar surface area (TPSA) is 92.8 Å². The van der Waals surface area contributed by atoms with E-state index >= 15 is 0 Å². The van der Waals surface area contributed by atoms with Crippen molar-refractivity contribution in [3.63, 3.8) is 0 Å². The van der Waals surface area contributed by atoms with Crippen LogP contribution in [-0.2, 0) is 13.1 Å². The Bertz CT molecular complexity index is 1150. The average Bonchev–Trinajstić information content (AvgIpc) is 2.87. The molecule has 0 heterocycles. The lowest BCUT2D eigenvalue weighted by Gasteiger charge is -2.16. The van der Waals surface area contributed by atoms with Gasteiger partial charge in [0.2, 0.25) is 0 Å². The average molecular weight is 454 g/mol. The molecule has 0 N–H and O–H groups in total. The molecule has 34 heavy (non-hydrogen) atoms. The van der Waals surface area contributed by atoms with Crippen LogP contribution in [0.5, 0.6) is 0 Å². The largest absolute Gasteiger partial charge is 0.234 e. The summed E-state index contributed by atoms with van der Waals surface area (Å²) in [6, 6.07) is 32.5. The first-order valence-corrected chi connectivity index (χ1v) is 10.6. The third kappa shape index (κ3) is 5.36. The standard InChI is InChI=1S/C26H22N4O4/c31-29(32)27(19-21-7-3-1-4-8-21)25-15-11-23(12-16-25)24-13-17-26(18-14-24)28(30(33)34)20-22-9-5-2-6-10-22/h1-18H,19-20H2. The first-order chi connectivity index (χ1) is 16.5. The Morgan fingerprint density at radius 3 is 1.12 bits per heavy atom. The maximum atomic E-state index is 11.6. The van der Waals surface area contributed by atoms with Gasteiger partial charge >= 0.3 is 0 Å². The molecule has 0 aliphatic rings. The summed E-state index contributed by atoms with van der Waals surface area (Å²) in [5, 5.41) is 24.6. The summed E-state index contributed by atoms with van der Waals surface area (Å²) in [5.74, 6) is 0. The van der Waals surface area contributed by atoms with E-state index in [0.29, 0.717) is 11.4 Å². The van der Waals surface area contributed by atoms with Crippen molar-refractivity contribution in [2.75, 3.05) is 10.0 Å². The molecule has 0 saturated carbocycles. The quantitative estimate of drug-likeness (QED) is 0.236. The predicted molar refractivity (Wildman–Crippen MR) is 131 cm³/mol. The molecule has 0 atom stereocenters. The SMILES string of the molecule is O=[N+]([O-])N(Cc1ccccc1)c1ccc(-c2ccc(N(Cc3ccccc3)[N+](=O)[O-])cc2)cc1. The summed E-state index contributed by atoms with van der Waals surface area (Å²) in [4.78, 5) is 23.2. The van der Waals surface area contributed by atoms with E-state index in [2.05, 4.69) is 0 Å². The minimum absolute atomic E-state index is 0.153. The second kappa shape index (κ2) is 10.3. The number of rotatable bonds is 9. The predicted octanol–water partition coefficient (Wildman–Crippen LogP) is 5.75. The van der Waals surface area contributed by atoms with Crippen LogP contribution in [0.4, 0.5) is 11.4 Å². The van der Waals surface area contributed by atoms with Crippen molar-refractivity contribution in [3.05, 3.63) is 141 Å². The van der Waals surface area contributed by atoms with Gasteiger partial charge in [-0.1, -0.05) is 94.9 Å². The van der Waals surface area contributed by atoms with Crippen LogP contribution in [-0.4, -0.2) is 10.1 Å². The Kier molecular flexibility index (Phi) is 6.78. The number of hydrazine groups is 2. The third-order valence-electron chi connectivity index (χ3n) is 5.41. The summed E-state index contributed by atoms with van der Waals surface area (Å²) < 4.78 is 0. The Morgan fingerprint density at radius 2 is 0.824 bits per heavy atom. The van der Waals surface area contributed by atoms with Gasteiger partial charge < -0.3 is 0 Å². The summed E-state index contributed by atoms with van der Waals surface area (Å²) in [7, 11) is 0. The van der Waals surface area contributed by atoms with Gasteiger partial charge in [0.15, 0.2) is 10.1 Å². The van der Waals surface area contributed by atoms with Crippen molar-refractivity contribution in [2.24, 2.45) is 0 Å². The van der Waals surface area contributed by atoms with Crippen LogP contribution in [0.3, 0.4) is 0 Å². The van der Waals surface area contributed by atoms with E-state index in [4.69, 9.17) is 0 Å². The number of hydrogen-bond donors (Lipinski definition) is 0. The summed E-state index contributed by atoms with van der Waals surface area (Å²) in [6.45, 7) is 0.306. The van der Waals surface area contributed by atoms with E-state index in [0.717, 1.165) is 32.3 Å². The number of hydrogen-bond acceptors (Lipinski definition) is 4. The van der Waals surface area contributed by atoms with E-state index in [1.54, 1.807) is 48.5 Å². The first-order valence-electron chi connectivity index (χ1n) is 10.6. The Morgan fingerprint density at radius 1 is 0.500 bits per heavy atom. The molecule has 0 saturated heterocycles. The fourth-order valence-corrected chi connectivity index (χ4v) is 3.65. The van der Waals surface area contributed by atoms with Crippen molar-refractivity contribution in [2.45, 2.75) is 13.1 Å². The molecular weight excluding hydrogens is 432 g/mol. The number of nitrogens with zero attached hydrogens (tertiary/aromatic N) is 4. The van der Waals surface area contributed by atoms with Crippen LogP contribution in [0.25, 0.3) is 11.1 Å². The highest BCUT2D eigenvalue weighted by Gasteiger charge is 2.19. The van der Waals surface area contributed by atoms with Crippen LogP contribution in [0, 0.1) is 20.2 Å². The molecule has 0 radical (unpaired) electrons. The lowest BCUT2D eigenvalue weighted by Crippen LogP contribution is -2.29. The molecule has 8 heteroatoms. The van der Waals surface area contributed by atoms with Gasteiger partial charge in [-0.25, -0.2) is 20.2 Å². The molecule has 0 unspecified atom stereocenters. The number of nitro groups is 2. The first kappa shape index (κ1) is 22.5. The molecule has 170 valence electrons. The van der Waals surface area contributed by atoms with Crippen molar-refractivity contribution >= 4 is 11.4 Å². The number of anilines is 2. The Balaban J connectivity index is 1.51. The van der Waals surface area contributed by atoms with Crippen molar-refractivity contribution in [1.82, 2.24) is 0 Å². The Hall–Kier alpha value is -4.72. The van der Waals surface area contributed by atoms with Gasteiger partial charge in [0, 0.05) is 0 Å². The summed E-state index contributed by atoms with van der Waals surface area (Å²) >= 11 is 0. The molecule has 4 aromatic carbocycles. The van der Waals surface area contributed by atoms with E-state index in [9.17, 15) is 20.2 Å². The summed E-state index contributed by atoms with van der Waals surface area (Å²) in [6.07, 6.45) is 0. The van der Waals surface area contributed by atoms with Crippen LogP contribution in [0.2, 0.25) is 0 Å². The van der Waals surface area contributed by atoms with E-state index in [-0.39, 0.29) is 13.1 Å². The molecule has 4 aromatic rings. The molecule has 0 bridgehead atoms. The zero-order valence-corrected chi connectivity index (χ0v) is 18.2. The lowest BCUT2D eigenvalue weighted by atomic mass is 10.0. The monoisotopic (exact) mass is 454 g/mol. The molecule has 0 spiro atoms. The van der Waals surface area contributed by atoms with Crippen LogP contribution in [0.1, 0.15) is 11.1 Å². The minimum atomic E-state index is -0.421. The molecule has 0 amide bonds. The zero-order valence-electron chi connectivity index (χ0n) is 18.2. The third-order valence-corrected chi connectivity index (χ3v) is 5.41. The van der Waals surface area contributed by atoms with Crippen LogP contribution in [0.15, 0.2) is 109 Å². The molecule has 0 aliphatic heterocycles. The summed E-state index contributed by atoms with van der Waals surface area (Å²) in [5.41, 5.74) is 4.32. The molecule has 0 fully saturated rings. The fraction of sp³-hybridized carbons (Fsp3) is 0.0769. The molecule has 0 aliphatic carbocycles. The van der Waals surface area contributed by atoms with Crippen LogP contribution < -0.4 is 10.0 Å². The highest BCUT2D eigenvalue weighted by atomic mass is 16.7. The maximum Gasteiger partial charge on any atom is 0.165 e. The normalized spacial score (nSPS) is 10.5. The van der Waals surface area contributed by atoms with Crippen molar-refractivity contribution in [3.8, 4) is 11.1 Å². The van der Waals surface area contributed by atoms with E-state index in [1.165, 1.54) is 0 Å². The van der Waals surface area contributed by atoms with Crippen LogP contribution >= 0.6 is 0 Å². The van der Waals surface area contributed by atoms with E-state index < -0.39 is 10.1 Å². The Labute approximate surface area is 196 Å². The highest BCUT2D eigenvalue weighted by Crippen LogP contribution is 2.27.